The molecule has 0 unspecified atom stereocenters. The van der Waals surface area contributed by atoms with Crippen molar-refractivity contribution in [2.45, 2.75) is 17.0 Å². The number of hydrogen-bond donors (Lipinski definition) is 1. The molecule has 0 amide bonds. The van der Waals surface area contributed by atoms with Crippen molar-refractivity contribution in [3.8, 4) is 0 Å². The molecule has 2 rings (SSSR count). The molecule has 8 heteroatoms. The number of nitrogens with two attached hydrogens (primary N) is 1. The molecule has 1 aromatic heterocycles. The molecule has 18 heavy (non-hydrogen) atoms. The van der Waals surface area contributed by atoms with E-state index < -0.39 is 4.92 Å². The second kappa shape index (κ2) is 5.32. The fraction of sp³-hybridized carbons (Fsp3) is 0.200. The quantitative estimate of drug-likeness (QED) is 0.401. The van der Waals surface area contributed by atoms with Crippen molar-refractivity contribution in [3.05, 3.63) is 38.9 Å². The monoisotopic (exact) mass is 282 g/mol. The van der Waals surface area contributed by atoms with Crippen LogP contribution in [0, 0.1) is 17.0 Å². The van der Waals surface area contributed by atoms with Crippen molar-refractivity contribution in [2.24, 2.45) is 0 Å². The first-order chi connectivity index (χ1) is 8.56. The smallest absolute Gasteiger partial charge is 0.269 e. The number of non-ortho nitro benzene ring substituents is 1. The van der Waals surface area contributed by atoms with Gasteiger partial charge in [-0.25, -0.2) is 0 Å². The number of nitrogen functional groups attached to an aromatic ring is 1. The Labute approximate surface area is 111 Å². The van der Waals surface area contributed by atoms with E-state index in [2.05, 4.69) is 10.2 Å². The molecule has 1 aromatic carbocycles. The predicted octanol–water partition coefficient (Wildman–Crippen LogP) is 2.63. The maximum absolute atomic E-state index is 10.7. The summed E-state index contributed by atoms with van der Waals surface area (Å²) in [7, 11) is 0. The zero-order chi connectivity index (χ0) is 13.1. The minimum absolute atomic E-state index is 0.0493. The van der Waals surface area contributed by atoms with Crippen LogP contribution in [-0.2, 0) is 5.75 Å². The normalized spacial score (nSPS) is 10.5. The lowest BCUT2D eigenvalue weighted by atomic mass is 10.2. The van der Waals surface area contributed by atoms with E-state index in [1.54, 1.807) is 6.07 Å². The second-order valence-corrected chi connectivity index (χ2v) is 5.92. The standard InChI is InChI=1S/C10H10N4O2S2/c1-6-12-13-10(18-6)17-5-7-4-8(14(15)16)2-3-9(7)11/h2-4H,5,11H2,1H3. The molecule has 0 radical (unpaired) electrons. The first kappa shape index (κ1) is 12.8. The number of nitro groups is 1. The van der Waals surface area contributed by atoms with Gasteiger partial charge in [0.15, 0.2) is 4.34 Å². The summed E-state index contributed by atoms with van der Waals surface area (Å²) in [5, 5.41) is 19.5. The van der Waals surface area contributed by atoms with Gasteiger partial charge in [-0.3, -0.25) is 10.1 Å². The Kier molecular flexibility index (Phi) is 3.78. The van der Waals surface area contributed by atoms with Crippen LogP contribution < -0.4 is 5.73 Å². The molecule has 0 aliphatic carbocycles. The van der Waals surface area contributed by atoms with Crippen LogP contribution in [0.25, 0.3) is 0 Å². The molecular formula is C10H10N4O2S2. The van der Waals surface area contributed by atoms with Crippen LogP contribution in [0.4, 0.5) is 11.4 Å². The molecule has 0 atom stereocenters. The minimum Gasteiger partial charge on any atom is -0.398 e. The number of thioether (sulfide) groups is 1. The van der Waals surface area contributed by atoms with Gasteiger partial charge in [0.25, 0.3) is 5.69 Å². The van der Waals surface area contributed by atoms with Crippen LogP contribution in [0.3, 0.4) is 0 Å². The molecule has 0 saturated carbocycles. The van der Waals surface area contributed by atoms with Gasteiger partial charge in [-0.15, -0.1) is 10.2 Å². The van der Waals surface area contributed by atoms with E-state index in [4.69, 9.17) is 5.73 Å². The van der Waals surface area contributed by atoms with Crippen molar-refractivity contribution < 1.29 is 4.92 Å². The van der Waals surface area contributed by atoms with Crippen LogP contribution in [0.5, 0.6) is 0 Å². The summed E-state index contributed by atoms with van der Waals surface area (Å²) >= 11 is 2.96. The van der Waals surface area contributed by atoms with E-state index in [-0.39, 0.29) is 5.69 Å². The fourth-order valence-electron chi connectivity index (χ4n) is 1.31. The minimum atomic E-state index is -0.428. The highest BCUT2D eigenvalue weighted by molar-refractivity contribution is 8.00. The summed E-state index contributed by atoms with van der Waals surface area (Å²) in [5.41, 5.74) is 7.13. The first-order valence-electron chi connectivity index (χ1n) is 5.02. The van der Waals surface area contributed by atoms with Crippen molar-refractivity contribution >= 4 is 34.5 Å². The highest BCUT2D eigenvalue weighted by atomic mass is 32.2. The molecular weight excluding hydrogens is 272 g/mol. The Morgan fingerprint density at radius 2 is 2.28 bits per heavy atom. The highest BCUT2D eigenvalue weighted by Crippen LogP contribution is 2.29. The van der Waals surface area contributed by atoms with Gasteiger partial charge in [-0.2, -0.15) is 0 Å². The first-order valence-corrected chi connectivity index (χ1v) is 6.82. The van der Waals surface area contributed by atoms with Gasteiger partial charge in [0, 0.05) is 23.6 Å². The van der Waals surface area contributed by atoms with Crippen molar-refractivity contribution in [2.75, 3.05) is 5.73 Å². The van der Waals surface area contributed by atoms with Gasteiger partial charge in [0.1, 0.15) is 5.01 Å². The van der Waals surface area contributed by atoms with E-state index >= 15 is 0 Å². The lowest BCUT2D eigenvalue weighted by Crippen LogP contribution is -1.95. The molecule has 94 valence electrons. The van der Waals surface area contributed by atoms with Gasteiger partial charge >= 0.3 is 0 Å². The van der Waals surface area contributed by atoms with E-state index in [1.807, 2.05) is 6.92 Å². The average Bonchev–Trinajstić information content (AvgIpc) is 2.74. The number of rotatable bonds is 4. The van der Waals surface area contributed by atoms with Crippen molar-refractivity contribution in [1.29, 1.82) is 0 Å². The molecule has 0 aliphatic rings. The third kappa shape index (κ3) is 2.96. The molecule has 0 bridgehead atoms. The summed E-state index contributed by atoms with van der Waals surface area (Å²) in [6.07, 6.45) is 0. The van der Waals surface area contributed by atoms with Crippen molar-refractivity contribution in [1.82, 2.24) is 10.2 Å². The fourth-order valence-corrected chi connectivity index (χ4v) is 3.12. The molecule has 0 aliphatic heterocycles. The van der Waals surface area contributed by atoms with Gasteiger partial charge in [0.2, 0.25) is 0 Å². The average molecular weight is 282 g/mol. The molecule has 1 heterocycles. The Morgan fingerprint density at radius 3 is 2.89 bits per heavy atom. The second-order valence-electron chi connectivity index (χ2n) is 3.52. The summed E-state index contributed by atoms with van der Waals surface area (Å²) in [6, 6.07) is 4.45. The number of nitrogens with zero attached hydrogens (tertiary/aromatic N) is 3. The summed E-state index contributed by atoms with van der Waals surface area (Å²) in [6.45, 7) is 1.88. The molecule has 6 nitrogen and oxygen atoms in total. The van der Waals surface area contributed by atoms with Gasteiger partial charge in [-0.1, -0.05) is 23.1 Å². The molecule has 0 saturated heterocycles. The van der Waals surface area contributed by atoms with E-state index in [9.17, 15) is 10.1 Å². The lowest BCUT2D eigenvalue weighted by molar-refractivity contribution is -0.384. The zero-order valence-corrected chi connectivity index (χ0v) is 11.1. The number of hydrogen-bond acceptors (Lipinski definition) is 7. The zero-order valence-electron chi connectivity index (χ0n) is 9.49. The number of aromatic nitrogens is 2. The van der Waals surface area contributed by atoms with Crippen LogP contribution in [-0.4, -0.2) is 15.1 Å². The Balaban J connectivity index is 2.13. The largest absolute Gasteiger partial charge is 0.398 e. The Hall–Kier alpha value is -1.67. The summed E-state index contributed by atoms with van der Waals surface area (Å²) < 4.78 is 0.832. The van der Waals surface area contributed by atoms with E-state index in [1.165, 1.54) is 35.2 Å². The molecule has 0 fully saturated rings. The van der Waals surface area contributed by atoms with Crippen LogP contribution in [0.1, 0.15) is 10.6 Å². The lowest BCUT2D eigenvalue weighted by Gasteiger charge is -2.03. The summed E-state index contributed by atoms with van der Waals surface area (Å²) in [5.74, 6) is 0.544. The SMILES string of the molecule is Cc1nnc(SCc2cc([N+](=O)[O-])ccc2N)s1. The maximum Gasteiger partial charge on any atom is 0.269 e. The van der Waals surface area contributed by atoms with Gasteiger partial charge in [-0.05, 0) is 18.6 Å². The van der Waals surface area contributed by atoms with E-state index in [0.29, 0.717) is 11.4 Å². The predicted molar refractivity (Wildman–Crippen MR) is 71.7 cm³/mol. The topological polar surface area (TPSA) is 94.9 Å². The third-order valence-electron chi connectivity index (χ3n) is 2.20. The van der Waals surface area contributed by atoms with Crippen molar-refractivity contribution in [3.63, 3.8) is 0 Å². The highest BCUT2D eigenvalue weighted by Gasteiger charge is 2.10. The molecule has 2 aromatic rings. The van der Waals surface area contributed by atoms with Crippen LogP contribution in [0.2, 0.25) is 0 Å². The molecule has 2 N–H and O–H groups in total. The number of anilines is 1. The van der Waals surface area contributed by atoms with E-state index in [0.717, 1.165) is 14.9 Å². The number of nitro benzene ring substituents is 1. The maximum atomic E-state index is 10.7. The number of benzene rings is 1. The van der Waals surface area contributed by atoms with Gasteiger partial charge in [0.05, 0.1) is 4.92 Å². The summed E-state index contributed by atoms with van der Waals surface area (Å²) in [4.78, 5) is 10.3. The van der Waals surface area contributed by atoms with Crippen LogP contribution >= 0.6 is 23.1 Å². The Morgan fingerprint density at radius 1 is 1.50 bits per heavy atom. The Bertz CT molecular complexity index is 585. The van der Waals surface area contributed by atoms with Gasteiger partial charge < -0.3 is 5.73 Å². The third-order valence-corrected chi connectivity index (χ3v) is 4.22. The molecule has 0 spiro atoms. The number of aryl methyl sites for hydroxylation is 1. The van der Waals surface area contributed by atoms with Crippen LogP contribution in [0.15, 0.2) is 22.5 Å².